The van der Waals surface area contributed by atoms with E-state index in [1.165, 1.54) is 16.9 Å². The highest BCUT2D eigenvalue weighted by molar-refractivity contribution is 9.10. The number of benzene rings is 1. The molecule has 0 saturated carbocycles. The molecule has 1 atom stereocenters. The van der Waals surface area contributed by atoms with E-state index in [0.29, 0.717) is 6.04 Å². The van der Waals surface area contributed by atoms with Gasteiger partial charge in [0.15, 0.2) is 0 Å². The predicted molar refractivity (Wildman–Crippen MR) is 94.4 cm³/mol. The van der Waals surface area contributed by atoms with Crippen molar-refractivity contribution in [3.8, 4) is 0 Å². The van der Waals surface area contributed by atoms with E-state index in [4.69, 9.17) is 11.6 Å². The van der Waals surface area contributed by atoms with Crippen molar-refractivity contribution in [1.82, 2.24) is 10.2 Å². The van der Waals surface area contributed by atoms with Gasteiger partial charge in [0.25, 0.3) is 0 Å². The molecule has 1 aromatic heterocycles. The maximum Gasteiger partial charge on any atom is 0.0931 e. The first kappa shape index (κ1) is 15.5. The van der Waals surface area contributed by atoms with Crippen LogP contribution in [0.5, 0.6) is 0 Å². The minimum atomic E-state index is 0.301. The third-order valence-electron chi connectivity index (χ3n) is 3.79. The minimum Gasteiger partial charge on any atom is -0.315 e. The fourth-order valence-electron chi connectivity index (χ4n) is 2.80. The Morgan fingerprint density at radius 3 is 2.62 bits per heavy atom. The largest absolute Gasteiger partial charge is 0.315 e. The molecule has 5 heteroatoms. The molecule has 1 aliphatic rings. The topological polar surface area (TPSA) is 15.3 Å². The second-order valence-electron chi connectivity index (χ2n) is 5.24. The van der Waals surface area contributed by atoms with Crippen molar-refractivity contribution in [2.75, 3.05) is 26.2 Å². The van der Waals surface area contributed by atoms with Crippen LogP contribution in [0.2, 0.25) is 4.34 Å². The van der Waals surface area contributed by atoms with Crippen LogP contribution in [-0.2, 0) is 0 Å². The number of thiophene rings is 1. The Balaban J connectivity index is 1.95. The summed E-state index contributed by atoms with van der Waals surface area (Å²) in [7, 11) is 0. The van der Waals surface area contributed by atoms with E-state index in [9.17, 15) is 0 Å². The maximum atomic E-state index is 6.17. The van der Waals surface area contributed by atoms with Gasteiger partial charge >= 0.3 is 0 Å². The molecule has 1 unspecified atom stereocenters. The van der Waals surface area contributed by atoms with Gasteiger partial charge in [-0.05, 0) is 42.8 Å². The lowest BCUT2D eigenvalue weighted by atomic mass is 10.0. The van der Waals surface area contributed by atoms with E-state index in [2.05, 4.69) is 56.5 Å². The molecule has 0 aliphatic carbocycles. The summed E-state index contributed by atoms with van der Waals surface area (Å²) in [5.74, 6) is 0. The van der Waals surface area contributed by atoms with Gasteiger partial charge in [0.1, 0.15) is 0 Å². The molecule has 1 saturated heterocycles. The van der Waals surface area contributed by atoms with Crippen LogP contribution >= 0.6 is 38.9 Å². The molecular weight excluding hydrogens is 368 g/mol. The number of halogens is 2. The van der Waals surface area contributed by atoms with E-state index in [0.717, 1.165) is 35.0 Å². The normalized spacial score (nSPS) is 18.4. The molecule has 21 heavy (non-hydrogen) atoms. The number of rotatable bonds is 3. The fourth-order valence-corrected chi connectivity index (χ4v) is 4.29. The summed E-state index contributed by atoms with van der Waals surface area (Å²) in [6.45, 7) is 4.33. The molecule has 112 valence electrons. The van der Waals surface area contributed by atoms with Crippen molar-refractivity contribution in [3.05, 3.63) is 55.6 Å². The monoisotopic (exact) mass is 384 g/mol. The van der Waals surface area contributed by atoms with Gasteiger partial charge in [-0.25, -0.2) is 0 Å². The summed E-state index contributed by atoms with van der Waals surface area (Å²) < 4.78 is 1.98. The zero-order valence-corrected chi connectivity index (χ0v) is 14.8. The highest BCUT2D eigenvalue weighted by atomic mass is 79.9. The predicted octanol–water partition coefficient (Wildman–Crippen LogP) is 4.55. The Morgan fingerprint density at radius 2 is 1.90 bits per heavy atom. The molecule has 2 nitrogen and oxygen atoms in total. The second-order valence-corrected chi connectivity index (χ2v) is 7.90. The molecule has 1 fully saturated rings. The van der Waals surface area contributed by atoms with E-state index >= 15 is 0 Å². The summed E-state index contributed by atoms with van der Waals surface area (Å²) in [6, 6.07) is 13.1. The Morgan fingerprint density at radius 1 is 1.10 bits per heavy atom. The molecule has 2 heterocycles. The second kappa shape index (κ2) is 7.25. The van der Waals surface area contributed by atoms with E-state index in [1.807, 2.05) is 6.07 Å². The van der Waals surface area contributed by atoms with Crippen molar-refractivity contribution in [1.29, 1.82) is 0 Å². The molecule has 3 rings (SSSR count). The van der Waals surface area contributed by atoms with Gasteiger partial charge in [-0.3, -0.25) is 4.90 Å². The number of hydrogen-bond donors (Lipinski definition) is 1. The average molecular weight is 386 g/mol. The molecule has 2 aromatic rings. The zero-order valence-electron chi connectivity index (χ0n) is 11.7. The minimum absolute atomic E-state index is 0.301. The quantitative estimate of drug-likeness (QED) is 0.834. The van der Waals surface area contributed by atoms with Crippen molar-refractivity contribution in [3.63, 3.8) is 0 Å². The first-order valence-electron chi connectivity index (χ1n) is 7.19. The van der Waals surface area contributed by atoms with E-state index in [1.54, 1.807) is 11.3 Å². The van der Waals surface area contributed by atoms with Crippen molar-refractivity contribution in [2.45, 2.75) is 12.5 Å². The Bertz CT molecular complexity index is 576. The summed E-state index contributed by atoms with van der Waals surface area (Å²) >= 11 is 11.4. The van der Waals surface area contributed by atoms with Crippen molar-refractivity contribution >= 4 is 38.9 Å². The third kappa shape index (κ3) is 3.88. The highest BCUT2D eigenvalue weighted by Gasteiger charge is 2.24. The van der Waals surface area contributed by atoms with E-state index in [-0.39, 0.29) is 0 Å². The van der Waals surface area contributed by atoms with Gasteiger partial charge < -0.3 is 5.32 Å². The van der Waals surface area contributed by atoms with Crippen molar-refractivity contribution < 1.29 is 0 Å². The summed E-state index contributed by atoms with van der Waals surface area (Å²) in [5.41, 5.74) is 1.33. The number of nitrogens with one attached hydrogen (secondary N) is 1. The molecule has 0 spiro atoms. The summed E-state index contributed by atoms with van der Waals surface area (Å²) in [6.07, 6.45) is 1.19. The lowest BCUT2D eigenvalue weighted by Crippen LogP contribution is -2.32. The lowest BCUT2D eigenvalue weighted by Gasteiger charge is -2.30. The van der Waals surface area contributed by atoms with Gasteiger partial charge in [-0.1, -0.05) is 39.7 Å². The lowest BCUT2D eigenvalue weighted by molar-refractivity contribution is 0.244. The van der Waals surface area contributed by atoms with E-state index < -0.39 is 0 Å². The molecular formula is C16H18BrClN2S. The van der Waals surface area contributed by atoms with Gasteiger partial charge in [-0.15, -0.1) is 11.3 Å². The average Bonchev–Trinajstić information content (AvgIpc) is 2.74. The zero-order chi connectivity index (χ0) is 14.7. The third-order valence-corrected chi connectivity index (χ3v) is 5.60. The van der Waals surface area contributed by atoms with Crippen LogP contribution in [0.15, 0.2) is 40.9 Å². The molecule has 1 aromatic carbocycles. The van der Waals surface area contributed by atoms with Crippen LogP contribution in [0.3, 0.4) is 0 Å². The molecule has 0 bridgehead atoms. The smallest absolute Gasteiger partial charge is 0.0931 e. The maximum absolute atomic E-state index is 6.17. The standard InChI is InChI=1S/C16H18BrClN2S/c17-13-4-2-12(3-5-13)16(14-6-7-15(18)21-14)20-10-1-8-19-9-11-20/h2-7,16,19H,1,8-11H2. The molecule has 0 amide bonds. The van der Waals surface area contributed by atoms with Crippen molar-refractivity contribution in [2.24, 2.45) is 0 Å². The van der Waals surface area contributed by atoms with Gasteiger partial charge in [0, 0.05) is 29.0 Å². The van der Waals surface area contributed by atoms with Crippen LogP contribution in [0, 0.1) is 0 Å². The first-order chi connectivity index (χ1) is 10.2. The molecule has 1 N–H and O–H groups in total. The van der Waals surface area contributed by atoms with Crippen LogP contribution in [-0.4, -0.2) is 31.1 Å². The number of nitrogens with zero attached hydrogens (tertiary/aromatic N) is 1. The Labute approximate surface area is 143 Å². The SMILES string of the molecule is Clc1ccc(C(c2ccc(Br)cc2)N2CCCNCC2)s1. The highest BCUT2D eigenvalue weighted by Crippen LogP contribution is 2.35. The van der Waals surface area contributed by atoms with Crippen LogP contribution in [0.25, 0.3) is 0 Å². The van der Waals surface area contributed by atoms with Gasteiger partial charge in [-0.2, -0.15) is 0 Å². The van der Waals surface area contributed by atoms with Gasteiger partial charge in [0.2, 0.25) is 0 Å². The van der Waals surface area contributed by atoms with Gasteiger partial charge in [0.05, 0.1) is 10.4 Å². The van der Waals surface area contributed by atoms with Crippen LogP contribution in [0.4, 0.5) is 0 Å². The summed E-state index contributed by atoms with van der Waals surface area (Å²) in [4.78, 5) is 3.88. The van der Waals surface area contributed by atoms with Crippen LogP contribution in [0.1, 0.15) is 22.9 Å². The first-order valence-corrected chi connectivity index (χ1v) is 9.18. The summed E-state index contributed by atoms with van der Waals surface area (Å²) in [5, 5.41) is 3.48. The number of hydrogen-bond acceptors (Lipinski definition) is 3. The van der Waals surface area contributed by atoms with Crippen LogP contribution < -0.4 is 5.32 Å². The molecule has 0 radical (unpaired) electrons. The Hall–Kier alpha value is -0.390. The Kier molecular flexibility index (Phi) is 5.35. The molecule has 1 aliphatic heterocycles. The fraction of sp³-hybridized carbons (Fsp3) is 0.375.